The Morgan fingerprint density at radius 3 is 2.75 bits per heavy atom. The van der Waals surface area contributed by atoms with Gasteiger partial charge in [0.15, 0.2) is 0 Å². The van der Waals surface area contributed by atoms with E-state index in [4.69, 9.17) is 10.3 Å². The van der Waals surface area contributed by atoms with Crippen LogP contribution in [-0.2, 0) is 0 Å². The molecule has 0 aliphatic carbocycles. The lowest BCUT2D eigenvalue weighted by molar-refractivity contribution is 0.432. The molecule has 1 atom stereocenters. The van der Waals surface area contributed by atoms with Crippen molar-refractivity contribution in [1.82, 2.24) is 15.1 Å². The van der Waals surface area contributed by atoms with Gasteiger partial charge in [0.25, 0.3) is 5.89 Å². The van der Waals surface area contributed by atoms with Gasteiger partial charge in [-0.2, -0.15) is 4.98 Å². The van der Waals surface area contributed by atoms with Crippen molar-refractivity contribution in [3.05, 3.63) is 48.4 Å². The third kappa shape index (κ3) is 2.85. The zero-order valence-corrected chi connectivity index (χ0v) is 12.9. The summed E-state index contributed by atoms with van der Waals surface area (Å²) < 4.78 is 18.4. The average Bonchev–Trinajstić information content (AvgIpc) is 3.25. The van der Waals surface area contributed by atoms with Gasteiger partial charge >= 0.3 is 0 Å². The van der Waals surface area contributed by atoms with Gasteiger partial charge in [-0.3, -0.25) is 0 Å². The molecule has 4 rings (SSSR count). The zero-order valence-electron chi connectivity index (χ0n) is 12.9. The fourth-order valence-corrected chi connectivity index (χ4v) is 2.78. The number of nitrogens with zero attached hydrogens (tertiary/aromatic N) is 4. The van der Waals surface area contributed by atoms with Crippen LogP contribution >= 0.6 is 0 Å². The minimum absolute atomic E-state index is 0.184. The van der Waals surface area contributed by atoms with Crippen LogP contribution in [0.25, 0.3) is 22.8 Å². The van der Waals surface area contributed by atoms with E-state index in [9.17, 15) is 4.39 Å². The molecular formula is C17H16FN5O. The van der Waals surface area contributed by atoms with Gasteiger partial charge in [-0.15, -0.1) is 0 Å². The molecule has 0 radical (unpaired) electrons. The van der Waals surface area contributed by atoms with E-state index >= 15 is 0 Å². The van der Waals surface area contributed by atoms with E-state index in [0.29, 0.717) is 17.3 Å². The van der Waals surface area contributed by atoms with Crippen LogP contribution < -0.4 is 10.6 Å². The Hall–Kier alpha value is -2.80. The number of benzene rings is 1. The number of pyridine rings is 1. The number of halogens is 1. The molecule has 0 saturated carbocycles. The molecule has 3 heterocycles. The quantitative estimate of drug-likeness (QED) is 0.797. The molecule has 1 saturated heterocycles. The fraction of sp³-hybridized carbons (Fsp3) is 0.235. The molecule has 0 spiro atoms. The monoisotopic (exact) mass is 325 g/mol. The molecule has 1 aliphatic heterocycles. The van der Waals surface area contributed by atoms with E-state index in [0.717, 1.165) is 30.9 Å². The van der Waals surface area contributed by atoms with Crippen molar-refractivity contribution < 1.29 is 8.91 Å². The molecule has 2 aromatic heterocycles. The lowest BCUT2D eigenvalue weighted by atomic mass is 10.2. The van der Waals surface area contributed by atoms with Crippen LogP contribution in [0.1, 0.15) is 6.42 Å². The first-order chi connectivity index (χ1) is 11.7. The van der Waals surface area contributed by atoms with Gasteiger partial charge in [0, 0.05) is 36.5 Å². The zero-order chi connectivity index (χ0) is 16.5. The summed E-state index contributed by atoms with van der Waals surface area (Å²) in [7, 11) is 0. The number of rotatable bonds is 3. The molecule has 0 amide bonds. The largest absolute Gasteiger partial charge is 0.355 e. The first-order valence-electron chi connectivity index (χ1n) is 7.75. The maximum Gasteiger partial charge on any atom is 0.258 e. The molecule has 1 aliphatic rings. The summed E-state index contributed by atoms with van der Waals surface area (Å²) in [5.41, 5.74) is 7.45. The second kappa shape index (κ2) is 6.01. The van der Waals surface area contributed by atoms with Gasteiger partial charge in [-0.25, -0.2) is 9.37 Å². The summed E-state index contributed by atoms with van der Waals surface area (Å²) in [6.07, 6.45) is 2.68. The van der Waals surface area contributed by atoms with Crippen molar-refractivity contribution in [2.24, 2.45) is 5.73 Å². The molecule has 122 valence electrons. The van der Waals surface area contributed by atoms with E-state index in [1.807, 2.05) is 12.1 Å². The number of nitrogens with two attached hydrogens (primary N) is 1. The molecule has 6 nitrogen and oxygen atoms in total. The average molecular weight is 325 g/mol. The number of aromatic nitrogens is 3. The minimum atomic E-state index is -0.301. The van der Waals surface area contributed by atoms with Gasteiger partial charge in [-0.05, 0) is 42.8 Å². The van der Waals surface area contributed by atoms with Crippen LogP contribution in [0.2, 0.25) is 0 Å². The molecule has 1 aromatic carbocycles. The highest BCUT2D eigenvalue weighted by Crippen LogP contribution is 2.26. The third-order valence-electron chi connectivity index (χ3n) is 4.07. The second-order valence-electron chi connectivity index (χ2n) is 5.83. The lowest BCUT2D eigenvalue weighted by Crippen LogP contribution is -2.26. The molecule has 3 aromatic rings. The summed E-state index contributed by atoms with van der Waals surface area (Å²) in [4.78, 5) is 10.9. The van der Waals surface area contributed by atoms with Crippen LogP contribution in [0.4, 0.5) is 10.2 Å². The van der Waals surface area contributed by atoms with Gasteiger partial charge in [0.05, 0.1) is 0 Å². The summed E-state index contributed by atoms with van der Waals surface area (Å²) in [6.45, 7) is 1.68. The molecule has 1 unspecified atom stereocenters. The van der Waals surface area contributed by atoms with Crippen LogP contribution in [0, 0.1) is 5.82 Å². The summed E-state index contributed by atoms with van der Waals surface area (Å²) in [5.74, 6) is 1.38. The van der Waals surface area contributed by atoms with E-state index < -0.39 is 0 Å². The van der Waals surface area contributed by atoms with Crippen molar-refractivity contribution >= 4 is 5.82 Å². The van der Waals surface area contributed by atoms with E-state index in [2.05, 4.69) is 20.0 Å². The van der Waals surface area contributed by atoms with Gasteiger partial charge < -0.3 is 15.2 Å². The van der Waals surface area contributed by atoms with Crippen molar-refractivity contribution in [2.45, 2.75) is 12.5 Å². The van der Waals surface area contributed by atoms with Crippen LogP contribution in [0.5, 0.6) is 0 Å². The van der Waals surface area contributed by atoms with Gasteiger partial charge in [0.1, 0.15) is 11.6 Å². The molecular weight excluding hydrogens is 309 g/mol. The van der Waals surface area contributed by atoms with Crippen molar-refractivity contribution in [3.63, 3.8) is 0 Å². The molecule has 1 fully saturated rings. The highest BCUT2D eigenvalue weighted by Gasteiger charge is 2.21. The highest BCUT2D eigenvalue weighted by atomic mass is 19.1. The topological polar surface area (TPSA) is 81.1 Å². The second-order valence-corrected chi connectivity index (χ2v) is 5.83. The van der Waals surface area contributed by atoms with Crippen molar-refractivity contribution in [3.8, 4) is 22.8 Å². The molecule has 7 heteroatoms. The first-order valence-corrected chi connectivity index (χ1v) is 7.75. The van der Waals surface area contributed by atoms with E-state index in [1.54, 1.807) is 18.3 Å². The normalized spacial score (nSPS) is 17.4. The Morgan fingerprint density at radius 1 is 1.17 bits per heavy atom. The number of anilines is 1. The Kier molecular flexibility index (Phi) is 3.70. The Bertz CT molecular complexity index is 848. The summed E-state index contributed by atoms with van der Waals surface area (Å²) in [6, 6.07) is 9.89. The fourth-order valence-electron chi connectivity index (χ4n) is 2.78. The Labute approximate surface area is 138 Å². The maximum atomic E-state index is 13.0. The van der Waals surface area contributed by atoms with Crippen LogP contribution in [-0.4, -0.2) is 34.3 Å². The summed E-state index contributed by atoms with van der Waals surface area (Å²) >= 11 is 0. The number of hydrogen-bond donors (Lipinski definition) is 1. The number of hydrogen-bond acceptors (Lipinski definition) is 6. The highest BCUT2D eigenvalue weighted by molar-refractivity contribution is 5.62. The van der Waals surface area contributed by atoms with Gasteiger partial charge in [-0.1, -0.05) is 5.16 Å². The lowest BCUT2D eigenvalue weighted by Gasteiger charge is -2.16. The van der Waals surface area contributed by atoms with Gasteiger partial charge in [0.2, 0.25) is 5.82 Å². The predicted octanol–water partition coefficient (Wildman–Crippen LogP) is 2.48. The molecule has 2 N–H and O–H groups in total. The Balaban J connectivity index is 1.61. The van der Waals surface area contributed by atoms with Crippen molar-refractivity contribution in [2.75, 3.05) is 18.0 Å². The first kappa shape index (κ1) is 14.8. The summed E-state index contributed by atoms with van der Waals surface area (Å²) in [5, 5.41) is 3.97. The van der Waals surface area contributed by atoms with Crippen molar-refractivity contribution in [1.29, 1.82) is 0 Å². The predicted molar refractivity (Wildman–Crippen MR) is 87.7 cm³/mol. The smallest absolute Gasteiger partial charge is 0.258 e. The Morgan fingerprint density at radius 2 is 2.00 bits per heavy atom. The molecule has 24 heavy (non-hydrogen) atoms. The van der Waals surface area contributed by atoms with Crippen LogP contribution in [0.3, 0.4) is 0 Å². The maximum absolute atomic E-state index is 13.0. The van der Waals surface area contributed by atoms with Crippen LogP contribution in [0.15, 0.2) is 47.1 Å². The minimum Gasteiger partial charge on any atom is -0.355 e. The third-order valence-corrected chi connectivity index (χ3v) is 4.07. The van der Waals surface area contributed by atoms with E-state index in [-0.39, 0.29) is 11.9 Å². The standard InChI is InChI=1S/C17H16FN5O/c18-13-3-1-11(2-4-13)16-21-17(24-22-16)12-5-7-20-15(9-12)23-8-6-14(19)10-23/h1-5,7,9,14H,6,8,10,19H2. The SMILES string of the molecule is NC1CCN(c2cc(-c3nc(-c4ccc(F)cc4)no3)ccn2)C1. The van der Waals surface area contributed by atoms with E-state index in [1.165, 1.54) is 12.1 Å². The molecule has 0 bridgehead atoms.